The zero-order chi connectivity index (χ0) is 21.8. The van der Waals surface area contributed by atoms with E-state index in [1.807, 2.05) is 48.4 Å². The first-order valence-corrected chi connectivity index (χ1v) is 11.5. The zero-order valence-corrected chi connectivity index (χ0v) is 19.0. The van der Waals surface area contributed by atoms with E-state index < -0.39 is 0 Å². The fourth-order valence-electron chi connectivity index (χ4n) is 3.94. The second-order valence-electron chi connectivity index (χ2n) is 7.78. The van der Waals surface area contributed by atoms with Gasteiger partial charge < -0.3 is 15.1 Å². The van der Waals surface area contributed by atoms with E-state index in [1.54, 1.807) is 24.5 Å². The van der Waals surface area contributed by atoms with Crippen LogP contribution in [0.4, 0.5) is 16.8 Å². The Labute approximate surface area is 187 Å². The van der Waals surface area contributed by atoms with Crippen molar-refractivity contribution in [1.82, 2.24) is 19.9 Å². The van der Waals surface area contributed by atoms with Crippen molar-refractivity contribution in [1.29, 1.82) is 0 Å². The molecule has 0 radical (unpaired) electrons. The van der Waals surface area contributed by atoms with Gasteiger partial charge in [0.05, 0.1) is 10.6 Å². The highest BCUT2D eigenvalue weighted by molar-refractivity contribution is 7.18. The zero-order valence-electron chi connectivity index (χ0n) is 18.2. The van der Waals surface area contributed by atoms with Crippen LogP contribution in [0.15, 0.2) is 42.7 Å². The quantitative estimate of drug-likeness (QED) is 0.614. The number of aryl methyl sites for hydroxylation is 1. The minimum atomic E-state index is 0.165. The maximum Gasteiger partial charge on any atom is 0.219 e. The highest BCUT2D eigenvalue weighted by Crippen LogP contribution is 2.33. The van der Waals surface area contributed by atoms with E-state index in [0.29, 0.717) is 6.04 Å². The highest BCUT2D eigenvalue weighted by Gasteiger charge is 2.26. The van der Waals surface area contributed by atoms with Gasteiger partial charge in [-0.1, -0.05) is 17.4 Å². The summed E-state index contributed by atoms with van der Waals surface area (Å²) in [7, 11) is 0. The van der Waals surface area contributed by atoms with Crippen LogP contribution in [0.2, 0.25) is 0 Å². The van der Waals surface area contributed by atoms with E-state index in [1.165, 1.54) is 0 Å². The predicted molar refractivity (Wildman–Crippen MR) is 126 cm³/mol. The Morgan fingerprint density at radius 2 is 2.03 bits per heavy atom. The summed E-state index contributed by atoms with van der Waals surface area (Å²) in [4.78, 5) is 30.8. The van der Waals surface area contributed by atoms with Gasteiger partial charge in [-0.15, -0.1) is 0 Å². The molecular formula is C23H28N6OS. The average Bonchev–Trinajstić information content (AvgIpc) is 3.25. The van der Waals surface area contributed by atoms with Crippen LogP contribution in [0.25, 0.3) is 10.6 Å². The number of likely N-dealkylation sites (tertiary alicyclic amines) is 1. The Morgan fingerprint density at radius 1 is 1.23 bits per heavy atom. The molecule has 1 amide bonds. The lowest BCUT2D eigenvalue weighted by Crippen LogP contribution is -2.46. The SMILES string of the molecule is CCN(c1ncc(-c2cccc(Nc3cc(C)ccn3)n2)s1)C1CCN(C(C)=O)CC1. The largest absolute Gasteiger partial charge is 0.345 e. The third-order valence-corrected chi connectivity index (χ3v) is 6.66. The Kier molecular flexibility index (Phi) is 6.46. The number of nitrogens with zero attached hydrogens (tertiary/aromatic N) is 5. The maximum atomic E-state index is 11.6. The lowest BCUT2D eigenvalue weighted by Gasteiger charge is -2.37. The van der Waals surface area contributed by atoms with Gasteiger partial charge in [0.1, 0.15) is 11.6 Å². The molecule has 1 saturated heterocycles. The van der Waals surface area contributed by atoms with Crippen molar-refractivity contribution in [2.24, 2.45) is 0 Å². The number of aromatic nitrogens is 3. The number of hydrogen-bond acceptors (Lipinski definition) is 7. The van der Waals surface area contributed by atoms with Crippen LogP contribution in [0.3, 0.4) is 0 Å². The molecule has 1 aliphatic heterocycles. The van der Waals surface area contributed by atoms with Crippen LogP contribution in [0.5, 0.6) is 0 Å². The Bertz CT molecular complexity index is 1040. The smallest absolute Gasteiger partial charge is 0.219 e. The van der Waals surface area contributed by atoms with Crippen molar-refractivity contribution in [3.05, 3.63) is 48.3 Å². The van der Waals surface area contributed by atoms with Crippen molar-refractivity contribution in [3.63, 3.8) is 0 Å². The summed E-state index contributed by atoms with van der Waals surface area (Å²) in [6, 6.07) is 10.3. The number of rotatable bonds is 6. The lowest BCUT2D eigenvalue weighted by molar-refractivity contribution is -0.129. The molecule has 0 bridgehead atoms. The van der Waals surface area contributed by atoms with E-state index in [9.17, 15) is 4.79 Å². The van der Waals surface area contributed by atoms with Gasteiger partial charge >= 0.3 is 0 Å². The molecule has 0 spiro atoms. The molecular weight excluding hydrogens is 408 g/mol. The molecule has 4 rings (SSSR count). The molecule has 31 heavy (non-hydrogen) atoms. The first kappa shape index (κ1) is 21.2. The first-order valence-electron chi connectivity index (χ1n) is 10.7. The van der Waals surface area contributed by atoms with Gasteiger partial charge in [-0.05, 0) is 56.5 Å². The number of hydrogen-bond donors (Lipinski definition) is 1. The van der Waals surface area contributed by atoms with Gasteiger partial charge in [0.15, 0.2) is 5.13 Å². The summed E-state index contributed by atoms with van der Waals surface area (Å²) in [6.07, 6.45) is 5.65. The normalized spacial score (nSPS) is 14.5. The van der Waals surface area contributed by atoms with Gasteiger partial charge in [0, 0.05) is 45.0 Å². The Balaban J connectivity index is 1.48. The van der Waals surface area contributed by atoms with Gasteiger partial charge in [-0.2, -0.15) is 0 Å². The fourth-order valence-corrected chi connectivity index (χ4v) is 4.96. The minimum absolute atomic E-state index is 0.165. The van der Waals surface area contributed by atoms with E-state index in [4.69, 9.17) is 9.97 Å². The van der Waals surface area contributed by atoms with Crippen LogP contribution in [0, 0.1) is 6.92 Å². The molecule has 0 aliphatic carbocycles. The average molecular weight is 437 g/mol. The minimum Gasteiger partial charge on any atom is -0.345 e. The van der Waals surface area contributed by atoms with Gasteiger partial charge in [-0.25, -0.2) is 15.0 Å². The number of carbonyl (C=O) groups is 1. The standard InChI is InChI=1S/C23H28N6OS/c1-4-29(18-9-12-28(13-10-18)17(3)30)23-25-15-20(31-23)19-6-5-7-21(26-19)27-22-14-16(2)8-11-24-22/h5-8,11,14-15,18H,4,9-10,12-13H2,1-3H3,(H,24,26,27). The summed E-state index contributed by atoms with van der Waals surface area (Å²) in [5, 5.41) is 4.29. The summed E-state index contributed by atoms with van der Waals surface area (Å²) in [6.45, 7) is 8.38. The van der Waals surface area contributed by atoms with Gasteiger partial charge in [0.2, 0.25) is 5.91 Å². The molecule has 0 saturated carbocycles. The molecule has 4 heterocycles. The van der Waals surface area contributed by atoms with Crippen molar-refractivity contribution in [2.45, 2.75) is 39.7 Å². The van der Waals surface area contributed by atoms with Crippen LogP contribution in [-0.2, 0) is 4.79 Å². The number of anilines is 3. The second kappa shape index (κ2) is 9.43. The summed E-state index contributed by atoms with van der Waals surface area (Å²) in [5.41, 5.74) is 2.04. The molecule has 8 heteroatoms. The molecule has 1 fully saturated rings. The van der Waals surface area contributed by atoms with Gasteiger partial charge in [-0.3, -0.25) is 4.79 Å². The van der Waals surface area contributed by atoms with E-state index in [-0.39, 0.29) is 5.91 Å². The molecule has 0 aromatic carbocycles. The third kappa shape index (κ3) is 5.02. The summed E-state index contributed by atoms with van der Waals surface area (Å²) in [5.74, 6) is 1.71. The predicted octanol–water partition coefficient (Wildman–Crippen LogP) is 4.49. The first-order chi connectivity index (χ1) is 15.0. The number of thiazole rings is 1. The van der Waals surface area contributed by atoms with E-state index in [2.05, 4.69) is 22.1 Å². The molecule has 0 unspecified atom stereocenters. The Morgan fingerprint density at radius 3 is 2.74 bits per heavy atom. The van der Waals surface area contributed by atoms with Crippen molar-refractivity contribution >= 4 is 34.0 Å². The number of piperidine rings is 1. The lowest BCUT2D eigenvalue weighted by atomic mass is 10.0. The molecule has 0 atom stereocenters. The third-order valence-electron chi connectivity index (χ3n) is 5.60. The van der Waals surface area contributed by atoms with E-state index in [0.717, 1.165) is 65.4 Å². The number of amides is 1. The van der Waals surface area contributed by atoms with Crippen LogP contribution < -0.4 is 10.2 Å². The van der Waals surface area contributed by atoms with Crippen molar-refractivity contribution in [2.75, 3.05) is 29.9 Å². The van der Waals surface area contributed by atoms with Crippen molar-refractivity contribution < 1.29 is 4.79 Å². The summed E-state index contributed by atoms with van der Waals surface area (Å²) >= 11 is 1.67. The highest BCUT2D eigenvalue weighted by atomic mass is 32.1. The molecule has 7 nitrogen and oxygen atoms in total. The number of pyridine rings is 2. The topological polar surface area (TPSA) is 74.2 Å². The molecule has 3 aromatic rings. The molecule has 1 N–H and O–H groups in total. The monoisotopic (exact) mass is 436 g/mol. The maximum absolute atomic E-state index is 11.6. The van der Waals surface area contributed by atoms with Crippen LogP contribution in [0.1, 0.15) is 32.3 Å². The van der Waals surface area contributed by atoms with Crippen LogP contribution >= 0.6 is 11.3 Å². The molecule has 1 aliphatic rings. The molecule has 3 aromatic heterocycles. The molecule has 162 valence electrons. The summed E-state index contributed by atoms with van der Waals surface area (Å²) < 4.78 is 0. The number of carbonyl (C=O) groups excluding carboxylic acids is 1. The van der Waals surface area contributed by atoms with Crippen LogP contribution in [-0.4, -0.2) is 51.4 Å². The van der Waals surface area contributed by atoms with E-state index >= 15 is 0 Å². The van der Waals surface area contributed by atoms with Crippen molar-refractivity contribution in [3.8, 4) is 10.6 Å². The fraction of sp³-hybridized carbons (Fsp3) is 0.391. The Hall–Kier alpha value is -3.00. The van der Waals surface area contributed by atoms with Gasteiger partial charge in [0.25, 0.3) is 0 Å². The second-order valence-corrected chi connectivity index (χ2v) is 8.79. The number of nitrogens with one attached hydrogen (secondary N) is 1.